The van der Waals surface area contributed by atoms with E-state index in [1.807, 2.05) is 12.3 Å². The zero-order valence-corrected chi connectivity index (χ0v) is 16.1. The second-order valence-corrected chi connectivity index (χ2v) is 7.53. The molecule has 0 amide bonds. The first-order valence-electron chi connectivity index (χ1n) is 8.55. The molecule has 0 radical (unpaired) electrons. The van der Waals surface area contributed by atoms with Crippen LogP contribution in [0, 0.1) is 0 Å². The number of nitrogen functional groups attached to an aromatic ring is 1. The molecule has 1 aliphatic heterocycles. The number of hydrogen-bond donors (Lipinski definition) is 2. The average Bonchev–Trinajstić information content (AvgIpc) is 3.43. The summed E-state index contributed by atoms with van der Waals surface area (Å²) in [4.78, 5) is 16.0. The fourth-order valence-electron chi connectivity index (χ4n) is 3.09. The summed E-state index contributed by atoms with van der Waals surface area (Å²) < 4.78 is 8.96. The van der Waals surface area contributed by atoms with Gasteiger partial charge in [0.1, 0.15) is 5.82 Å². The first kappa shape index (κ1) is 17.8. The summed E-state index contributed by atoms with van der Waals surface area (Å²) in [5, 5.41) is 0.540. The predicted molar refractivity (Wildman–Crippen MR) is 105 cm³/mol. The standard InChI is InChI=1S/C17H21ClN6OS/c1-26-23-17(2-3-17)14-9-13(11-10-20-15(19)8-12(11)18)21-16(22-14)24-4-6-25-7-5-24/h8-10,23H,2-7H2,1H3,(H2,19,20). The highest BCUT2D eigenvalue weighted by molar-refractivity contribution is 7.96. The number of rotatable bonds is 5. The predicted octanol–water partition coefficient (Wildman–Crippen LogP) is 2.47. The van der Waals surface area contributed by atoms with E-state index >= 15 is 0 Å². The van der Waals surface area contributed by atoms with E-state index < -0.39 is 0 Å². The van der Waals surface area contributed by atoms with Gasteiger partial charge in [-0.05, 0) is 31.2 Å². The van der Waals surface area contributed by atoms with Crippen LogP contribution in [-0.2, 0) is 10.3 Å². The quantitative estimate of drug-likeness (QED) is 0.750. The van der Waals surface area contributed by atoms with Gasteiger partial charge in [0.2, 0.25) is 5.95 Å². The number of morpholine rings is 1. The Balaban J connectivity index is 1.79. The molecule has 138 valence electrons. The normalized spacial score (nSPS) is 18.8. The third-order valence-electron chi connectivity index (χ3n) is 4.70. The van der Waals surface area contributed by atoms with Gasteiger partial charge in [0.05, 0.1) is 35.2 Å². The van der Waals surface area contributed by atoms with E-state index in [0.29, 0.717) is 30.0 Å². The third-order valence-corrected chi connectivity index (χ3v) is 5.60. The van der Waals surface area contributed by atoms with Crippen molar-refractivity contribution < 1.29 is 4.74 Å². The lowest BCUT2D eigenvalue weighted by Gasteiger charge is -2.28. The maximum absolute atomic E-state index is 6.41. The second kappa shape index (κ2) is 7.19. The number of nitrogens with two attached hydrogens (primary N) is 1. The molecular weight excluding hydrogens is 372 g/mol. The van der Waals surface area contributed by atoms with Crippen LogP contribution in [0.15, 0.2) is 18.3 Å². The molecule has 2 aromatic rings. The van der Waals surface area contributed by atoms with Crippen LogP contribution in [-0.4, -0.2) is 47.5 Å². The van der Waals surface area contributed by atoms with Crippen LogP contribution in [0.4, 0.5) is 11.8 Å². The summed E-state index contributed by atoms with van der Waals surface area (Å²) in [5.41, 5.74) is 8.17. The van der Waals surface area contributed by atoms with Crippen molar-refractivity contribution in [1.82, 2.24) is 19.7 Å². The van der Waals surface area contributed by atoms with E-state index in [4.69, 9.17) is 32.0 Å². The Kier molecular flexibility index (Phi) is 4.92. The second-order valence-electron chi connectivity index (χ2n) is 6.52. The number of anilines is 2. The molecule has 1 saturated heterocycles. The van der Waals surface area contributed by atoms with Crippen LogP contribution in [0.25, 0.3) is 11.3 Å². The molecule has 0 spiro atoms. The van der Waals surface area contributed by atoms with Crippen LogP contribution in [0.5, 0.6) is 0 Å². The lowest BCUT2D eigenvalue weighted by atomic mass is 10.1. The van der Waals surface area contributed by atoms with Crippen molar-refractivity contribution in [2.24, 2.45) is 0 Å². The first-order valence-corrected chi connectivity index (χ1v) is 10.2. The SMILES string of the molecule is CSNC1(c2cc(-c3cnc(N)cc3Cl)nc(N3CCOCC3)n2)CC1. The summed E-state index contributed by atoms with van der Waals surface area (Å²) in [7, 11) is 0. The van der Waals surface area contributed by atoms with E-state index in [-0.39, 0.29) is 5.54 Å². The first-order chi connectivity index (χ1) is 12.6. The molecule has 0 bridgehead atoms. The van der Waals surface area contributed by atoms with E-state index in [1.165, 1.54) is 0 Å². The average molecular weight is 393 g/mol. The molecule has 3 N–H and O–H groups in total. The zero-order valence-electron chi connectivity index (χ0n) is 14.5. The minimum Gasteiger partial charge on any atom is -0.384 e. The number of nitrogens with one attached hydrogen (secondary N) is 1. The van der Waals surface area contributed by atoms with Gasteiger partial charge >= 0.3 is 0 Å². The van der Waals surface area contributed by atoms with Gasteiger partial charge in [-0.2, -0.15) is 0 Å². The van der Waals surface area contributed by atoms with Crippen LogP contribution >= 0.6 is 23.5 Å². The Hall–Kier alpha value is -1.61. The maximum atomic E-state index is 6.41. The largest absolute Gasteiger partial charge is 0.384 e. The van der Waals surface area contributed by atoms with Gasteiger partial charge in [0.15, 0.2) is 0 Å². The van der Waals surface area contributed by atoms with E-state index in [0.717, 1.165) is 42.9 Å². The number of pyridine rings is 1. The van der Waals surface area contributed by atoms with Crippen LogP contribution in [0.3, 0.4) is 0 Å². The van der Waals surface area contributed by atoms with Crippen molar-refractivity contribution in [3.05, 3.63) is 29.0 Å². The molecule has 4 rings (SSSR count). The smallest absolute Gasteiger partial charge is 0.226 e. The number of hydrogen-bond acceptors (Lipinski definition) is 8. The van der Waals surface area contributed by atoms with Gasteiger partial charge in [0, 0.05) is 24.8 Å². The summed E-state index contributed by atoms with van der Waals surface area (Å²) in [6, 6.07) is 3.67. The molecule has 0 aromatic carbocycles. The molecule has 1 saturated carbocycles. The lowest BCUT2D eigenvalue weighted by Crippen LogP contribution is -2.38. The maximum Gasteiger partial charge on any atom is 0.226 e. The highest BCUT2D eigenvalue weighted by atomic mass is 35.5. The number of ether oxygens (including phenoxy) is 1. The van der Waals surface area contributed by atoms with Gasteiger partial charge in [-0.25, -0.2) is 15.0 Å². The molecule has 0 atom stereocenters. The van der Waals surface area contributed by atoms with Gasteiger partial charge < -0.3 is 15.4 Å². The van der Waals surface area contributed by atoms with Crippen LogP contribution in [0.1, 0.15) is 18.5 Å². The van der Waals surface area contributed by atoms with Crippen molar-refractivity contribution in [2.45, 2.75) is 18.4 Å². The number of halogens is 1. The van der Waals surface area contributed by atoms with Crippen molar-refractivity contribution in [3.8, 4) is 11.3 Å². The topological polar surface area (TPSA) is 89.2 Å². The number of aromatic nitrogens is 3. The zero-order chi connectivity index (χ0) is 18.1. The third kappa shape index (κ3) is 3.46. The Labute approximate surface area is 161 Å². The molecule has 26 heavy (non-hydrogen) atoms. The van der Waals surface area contributed by atoms with Crippen LogP contribution < -0.4 is 15.4 Å². The van der Waals surface area contributed by atoms with Crippen molar-refractivity contribution in [2.75, 3.05) is 43.2 Å². The molecule has 2 aliphatic rings. The molecular formula is C17H21ClN6OS. The van der Waals surface area contributed by atoms with Crippen molar-refractivity contribution >= 4 is 35.3 Å². The summed E-state index contributed by atoms with van der Waals surface area (Å²) in [5.74, 6) is 1.10. The highest BCUT2D eigenvalue weighted by Gasteiger charge is 2.46. The molecule has 1 aliphatic carbocycles. The van der Waals surface area contributed by atoms with Crippen LogP contribution in [0.2, 0.25) is 5.02 Å². The van der Waals surface area contributed by atoms with Gasteiger partial charge in [-0.15, -0.1) is 0 Å². The number of nitrogens with zero attached hydrogens (tertiary/aromatic N) is 4. The summed E-state index contributed by atoms with van der Waals surface area (Å²) in [6.07, 6.45) is 5.82. The summed E-state index contributed by atoms with van der Waals surface area (Å²) in [6.45, 7) is 2.92. The molecule has 7 nitrogen and oxygen atoms in total. The van der Waals surface area contributed by atoms with Crippen molar-refractivity contribution in [1.29, 1.82) is 0 Å². The van der Waals surface area contributed by atoms with Gasteiger partial charge in [-0.3, -0.25) is 4.72 Å². The minimum absolute atomic E-state index is 0.0914. The highest BCUT2D eigenvalue weighted by Crippen LogP contribution is 2.47. The monoisotopic (exact) mass is 392 g/mol. The molecule has 3 heterocycles. The Morgan fingerprint density at radius 3 is 2.69 bits per heavy atom. The molecule has 2 fully saturated rings. The fraction of sp³-hybridized carbons (Fsp3) is 0.471. The minimum atomic E-state index is -0.0914. The molecule has 0 unspecified atom stereocenters. The molecule has 9 heteroatoms. The summed E-state index contributed by atoms with van der Waals surface area (Å²) >= 11 is 8.03. The Morgan fingerprint density at radius 1 is 1.27 bits per heavy atom. The van der Waals surface area contributed by atoms with E-state index in [9.17, 15) is 0 Å². The van der Waals surface area contributed by atoms with Gasteiger partial charge in [-0.1, -0.05) is 23.5 Å². The van der Waals surface area contributed by atoms with E-state index in [2.05, 4.69) is 14.6 Å². The Bertz CT molecular complexity index is 810. The lowest BCUT2D eigenvalue weighted by molar-refractivity contribution is 0.122. The molecule has 2 aromatic heterocycles. The fourth-order valence-corrected chi connectivity index (χ4v) is 4.04. The van der Waals surface area contributed by atoms with E-state index in [1.54, 1.807) is 24.2 Å². The Morgan fingerprint density at radius 2 is 2.04 bits per heavy atom. The van der Waals surface area contributed by atoms with Gasteiger partial charge in [0.25, 0.3) is 0 Å². The van der Waals surface area contributed by atoms with Crippen molar-refractivity contribution in [3.63, 3.8) is 0 Å².